The van der Waals surface area contributed by atoms with E-state index in [-0.39, 0.29) is 6.61 Å². The maximum atomic E-state index is 12.9. The maximum absolute atomic E-state index is 12.9. The minimum absolute atomic E-state index is 0.346. The van der Waals surface area contributed by atoms with Crippen molar-refractivity contribution in [2.75, 3.05) is 11.9 Å². The van der Waals surface area contributed by atoms with E-state index in [1.54, 1.807) is 30.3 Å². The lowest BCUT2D eigenvalue weighted by atomic mass is 10.0. The Morgan fingerprint density at radius 1 is 0.968 bits per heavy atom. The Hall–Kier alpha value is -3.70. The predicted octanol–water partition coefficient (Wildman–Crippen LogP) is 5.66. The molecule has 3 aromatic carbocycles. The van der Waals surface area contributed by atoms with Gasteiger partial charge in [0, 0.05) is 21.7 Å². The number of anilines is 1. The molecule has 0 radical (unpaired) electrons. The molecule has 0 unspecified atom stereocenters. The van der Waals surface area contributed by atoms with Gasteiger partial charge in [0.05, 0.1) is 16.8 Å². The highest BCUT2D eigenvalue weighted by Crippen LogP contribution is 2.26. The van der Waals surface area contributed by atoms with Crippen molar-refractivity contribution in [2.24, 2.45) is 0 Å². The van der Waals surface area contributed by atoms with Crippen LogP contribution in [-0.2, 0) is 9.53 Å². The zero-order valence-electron chi connectivity index (χ0n) is 16.8. The van der Waals surface area contributed by atoms with E-state index < -0.39 is 11.9 Å². The molecule has 0 bridgehead atoms. The zero-order valence-corrected chi connectivity index (χ0v) is 17.5. The molecule has 0 spiro atoms. The molecule has 1 aromatic heterocycles. The number of halogens is 1. The molecule has 6 heteroatoms. The van der Waals surface area contributed by atoms with Crippen molar-refractivity contribution < 1.29 is 14.3 Å². The number of ether oxygens (including phenoxy) is 1. The second-order valence-electron chi connectivity index (χ2n) is 7.07. The van der Waals surface area contributed by atoms with E-state index in [0.717, 1.165) is 11.1 Å². The fourth-order valence-electron chi connectivity index (χ4n) is 3.24. The Bertz CT molecular complexity index is 1270. The lowest BCUT2D eigenvalue weighted by Gasteiger charge is -2.11. The van der Waals surface area contributed by atoms with Gasteiger partial charge in [0.2, 0.25) is 0 Å². The van der Waals surface area contributed by atoms with E-state index in [0.29, 0.717) is 32.9 Å². The summed E-state index contributed by atoms with van der Waals surface area (Å²) in [7, 11) is 0. The number of rotatable bonds is 5. The highest BCUT2D eigenvalue weighted by Gasteiger charge is 2.16. The zero-order chi connectivity index (χ0) is 21.8. The smallest absolute Gasteiger partial charge is 0.339 e. The average Bonchev–Trinajstić information content (AvgIpc) is 2.77. The van der Waals surface area contributed by atoms with Gasteiger partial charge in [-0.1, -0.05) is 54.1 Å². The molecule has 0 saturated heterocycles. The molecule has 154 valence electrons. The molecular formula is C25H19ClN2O3. The number of nitrogens with one attached hydrogen (secondary N) is 1. The summed E-state index contributed by atoms with van der Waals surface area (Å²) in [5.74, 6) is -0.997. The van der Waals surface area contributed by atoms with E-state index in [2.05, 4.69) is 10.3 Å². The van der Waals surface area contributed by atoms with Crippen LogP contribution in [-0.4, -0.2) is 23.5 Å². The number of pyridine rings is 1. The van der Waals surface area contributed by atoms with Gasteiger partial charge in [-0.2, -0.15) is 0 Å². The van der Waals surface area contributed by atoms with Crippen LogP contribution in [0.4, 0.5) is 5.69 Å². The van der Waals surface area contributed by atoms with E-state index in [1.807, 2.05) is 55.5 Å². The summed E-state index contributed by atoms with van der Waals surface area (Å²) < 4.78 is 5.31. The first-order valence-corrected chi connectivity index (χ1v) is 10.1. The van der Waals surface area contributed by atoms with Gasteiger partial charge in [-0.3, -0.25) is 4.79 Å². The molecular weight excluding hydrogens is 412 g/mol. The fraction of sp³-hybridized carbons (Fsp3) is 0.0800. The maximum Gasteiger partial charge on any atom is 0.339 e. The largest absolute Gasteiger partial charge is 0.452 e. The molecule has 0 fully saturated rings. The van der Waals surface area contributed by atoms with Crippen LogP contribution in [0.15, 0.2) is 78.9 Å². The van der Waals surface area contributed by atoms with Gasteiger partial charge in [0.1, 0.15) is 0 Å². The number of hydrogen-bond acceptors (Lipinski definition) is 4. The predicted molar refractivity (Wildman–Crippen MR) is 122 cm³/mol. The van der Waals surface area contributed by atoms with Crippen molar-refractivity contribution in [3.8, 4) is 11.3 Å². The van der Waals surface area contributed by atoms with Crippen molar-refractivity contribution in [3.63, 3.8) is 0 Å². The Labute approximate surface area is 184 Å². The molecule has 1 amide bonds. The normalized spacial score (nSPS) is 10.6. The number of para-hydroxylation sites is 1. The average molecular weight is 431 g/mol. The molecule has 0 atom stereocenters. The Kier molecular flexibility index (Phi) is 5.96. The molecule has 0 aliphatic heterocycles. The van der Waals surface area contributed by atoms with E-state index in [1.165, 1.54) is 0 Å². The summed E-state index contributed by atoms with van der Waals surface area (Å²) in [5, 5.41) is 4.00. The summed E-state index contributed by atoms with van der Waals surface area (Å²) in [6, 6.07) is 23.6. The molecule has 0 aliphatic rings. The first kappa shape index (κ1) is 20.6. The number of hydrogen-bond donors (Lipinski definition) is 1. The van der Waals surface area contributed by atoms with Crippen LogP contribution in [0.2, 0.25) is 5.02 Å². The van der Waals surface area contributed by atoms with Gasteiger partial charge < -0.3 is 10.1 Å². The van der Waals surface area contributed by atoms with Crippen LogP contribution in [0.3, 0.4) is 0 Å². The van der Waals surface area contributed by atoms with E-state index >= 15 is 0 Å². The number of esters is 1. The van der Waals surface area contributed by atoms with Crippen LogP contribution in [0.25, 0.3) is 22.2 Å². The van der Waals surface area contributed by atoms with Crippen LogP contribution in [0, 0.1) is 6.92 Å². The van der Waals surface area contributed by atoms with Crippen molar-refractivity contribution in [2.45, 2.75) is 6.92 Å². The van der Waals surface area contributed by atoms with Gasteiger partial charge in [-0.05, 0) is 48.9 Å². The number of carbonyl (C=O) groups is 2. The highest BCUT2D eigenvalue weighted by atomic mass is 35.5. The monoisotopic (exact) mass is 430 g/mol. The number of aromatic nitrogens is 1. The minimum atomic E-state index is -0.590. The summed E-state index contributed by atoms with van der Waals surface area (Å²) >= 11 is 5.98. The molecule has 1 N–H and O–H groups in total. The molecule has 0 aliphatic carbocycles. The Balaban J connectivity index is 1.56. The molecule has 4 rings (SSSR count). The van der Waals surface area contributed by atoms with Crippen LogP contribution < -0.4 is 5.32 Å². The summed E-state index contributed by atoms with van der Waals surface area (Å²) in [4.78, 5) is 29.7. The Morgan fingerprint density at radius 2 is 1.74 bits per heavy atom. The number of benzene rings is 3. The quantitative estimate of drug-likeness (QED) is 0.415. The summed E-state index contributed by atoms with van der Waals surface area (Å²) in [5.41, 5.74) is 4.12. The summed E-state index contributed by atoms with van der Waals surface area (Å²) in [6.07, 6.45) is 0. The molecule has 1 heterocycles. The second-order valence-corrected chi connectivity index (χ2v) is 7.51. The molecule has 31 heavy (non-hydrogen) atoms. The van der Waals surface area contributed by atoms with Gasteiger partial charge in [-0.25, -0.2) is 9.78 Å². The topological polar surface area (TPSA) is 68.3 Å². The third kappa shape index (κ3) is 4.90. The van der Waals surface area contributed by atoms with E-state index in [4.69, 9.17) is 16.3 Å². The van der Waals surface area contributed by atoms with Crippen molar-refractivity contribution in [3.05, 3.63) is 95.0 Å². The SMILES string of the molecule is Cc1cccc(NC(=O)COC(=O)c2cc(-c3ccc(Cl)cc3)nc3ccccc23)c1. The highest BCUT2D eigenvalue weighted by molar-refractivity contribution is 6.30. The van der Waals surface area contributed by atoms with Gasteiger partial charge in [-0.15, -0.1) is 0 Å². The number of fused-ring (bicyclic) bond motifs is 1. The lowest BCUT2D eigenvalue weighted by molar-refractivity contribution is -0.119. The van der Waals surface area contributed by atoms with Gasteiger partial charge in [0.15, 0.2) is 6.61 Å². The van der Waals surface area contributed by atoms with Gasteiger partial charge in [0.25, 0.3) is 5.91 Å². The molecule has 5 nitrogen and oxygen atoms in total. The first-order valence-electron chi connectivity index (χ1n) is 9.69. The lowest BCUT2D eigenvalue weighted by Crippen LogP contribution is -2.21. The Morgan fingerprint density at radius 3 is 2.52 bits per heavy atom. The number of nitrogens with zero attached hydrogens (tertiary/aromatic N) is 1. The number of aryl methyl sites for hydroxylation is 1. The van der Waals surface area contributed by atoms with Crippen LogP contribution >= 0.6 is 11.6 Å². The van der Waals surface area contributed by atoms with Gasteiger partial charge >= 0.3 is 5.97 Å². The van der Waals surface area contributed by atoms with Crippen molar-refractivity contribution >= 4 is 40.1 Å². The standard InChI is InChI=1S/C25H19ClN2O3/c1-16-5-4-6-19(13-16)27-24(29)15-31-25(30)21-14-23(17-9-11-18(26)12-10-17)28-22-8-3-2-7-20(21)22/h2-14H,15H2,1H3,(H,27,29). The summed E-state index contributed by atoms with van der Waals surface area (Å²) in [6.45, 7) is 1.54. The van der Waals surface area contributed by atoms with Crippen molar-refractivity contribution in [1.82, 2.24) is 4.98 Å². The number of carbonyl (C=O) groups excluding carboxylic acids is 2. The number of amides is 1. The van der Waals surface area contributed by atoms with Crippen LogP contribution in [0.5, 0.6) is 0 Å². The second kappa shape index (κ2) is 8.98. The minimum Gasteiger partial charge on any atom is -0.452 e. The van der Waals surface area contributed by atoms with Crippen LogP contribution in [0.1, 0.15) is 15.9 Å². The fourth-order valence-corrected chi connectivity index (χ4v) is 3.37. The molecule has 0 saturated carbocycles. The third-order valence-electron chi connectivity index (χ3n) is 4.71. The van der Waals surface area contributed by atoms with E-state index in [9.17, 15) is 9.59 Å². The first-order chi connectivity index (χ1) is 15.0. The van der Waals surface area contributed by atoms with Crippen molar-refractivity contribution in [1.29, 1.82) is 0 Å². The third-order valence-corrected chi connectivity index (χ3v) is 4.96. The molecule has 4 aromatic rings.